The highest BCUT2D eigenvalue weighted by atomic mass is 35.5. The van der Waals surface area contributed by atoms with Gasteiger partial charge in [0.1, 0.15) is 0 Å². The Morgan fingerprint density at radius 3 is 2.57 bits per heavy atom. The van der Waals surface area contributed by atoms with Crippen LogP contribution in [-0.4, -0.2) is 43.9 Å². The maximum atomic E-state index is 12.8. The molecule has 0 aromatic heterocycles. The lowest BCUT2D eigenvalue weighted by atomic mass is 10.1. The van der Waals surface area contributed by atoms with E-state index in [1.807, 2.05) is 19.1 Å². The van der Waals surface area contributed by atoms with Crippen molar-refractivity contribution < 1.29 is 13.2 Å². The zero-order valence-corrected chi connectivity index (χ0v) is 14.0. The minimum Gasteiger partial charge on any atom is -0.374 e. The van der Waals surface area contributed by atoms with Crippen molar-refractivity contribution in [3.8, 4) is 0 Å². The number of hydrogen-bond acceptors (Lipinski definition) is 3. The van der Waals surface area contributed by atoms with Gasteiger partial charge in [0.2, 0.25) is 10.0 Å². The second kappa shape index (κ2) is 7.09. The van der Waals surface area contributed by atoms with Crippen LogP contribution in [0.5, 0.6) is 0 Å². The molecule has 0 saturated carbocycles. The van der Waals surface area contributed by atoms with Crippen LogP contribution >= 0.6 is 11.6 Å². The number of aryl methyl sites for hydroxylation is 1. The van der Waals surface area contributed by atoms with E-state index in [0.717, 1.165) is 18.4 Å². The van der Waals surface area contributed by atoms with E-state index in [-0.39, 0.29) is 12.1 Å². The number of hydrogen-bond donors (Lipinski definition) is 0. The number of rotatable bonds is 5. The van der Waals surface area contributed by atoms with Crippen LogP contribution in [0.3, 0.4) is 0 Å². The van der Waals surface area contributed by atoms with Crippen molar-refractivity contribution in [2.24, 2.45) is 0 Å². The fourth-order valence-electron chi connectivity index (χ4n) is 2.47. The maximum absolute atomic E-state index is 12.8. The summed E-state index contributed by atoms with van der Waals surface area (Å²) in [6, 6.07) is 6.99. The molecule has 1 aromatic carbocycles. The van der Waals surface area contributed by atoms with Crippen LogP contribution < -0.4 is 0 Å². The molecule has 1 heterocycles. The monoisotopic (exact) mass is 331 g/mol. The van der Waals surface area contributed by atoms with Crippen LogP contribution in [-0.2, 0) is 21.2 Å². The van der Waals surface area contributed by atoms with Crippen molar-refractivity contribution in [2.45, 2.75) is 43.7 Å². The van der Waals surface area contributed by atoms with E-state index < -0.39 is 10.0 Å². The minimum absolute atomic E-state index is 0.176. The van der Waals surface area contributed by atoms with Gasteiger partial charge in [0.05, 0.1) is 17.6 Å². The van der Waals surface area contributed by atoms with Gasteiger partial charge in [-0.2, -0.15) is 4.31 Å². The summed E-state index contributed by atoms with van der Waals surface area (Å²) in [5.41, 5.74) is 1.16. The van der Waals surface area contributed by atoms with Crippen molar-refractivity contribution in [1.29, 1.82) is 0 Å². The molecule has 1 fully saturated rings. The van der Waals surface area contributed by atoms with Gasteiger partial charge in [-0.3, -0.25) is 0 Å². The fraction of sp³-hybridized carbons (Fsp3) is 0.600. The van der Waals surface area contributed by atoms with Crippen LogP contribution in [0.15, 0.2) is 29.2 Å². The fourth-order valence-corrected chi connectivity index (χ4v) is 4.31. The number of ether oxygens (including phenoxy) is 1. The molecule has 1 aromatic rings. The number of nitrogens with zero attached hydrogens (tertiary/aromatic N) is 1. The van der Waals surface area contributed by atoms with Crippen LogP contribution in [0, 0.1) is 0 Å². The Balaban J connectivity index is 2.23. The lowest BCUT2D eigenvalue weighted by molar-refractivity contribution is -0.0152. The van der Waals surface area contributed by atoms with Crippen molar-refractivity contribution in [3.63, 3.8) is 0 Å². The predicted molar refractivity (Wildman–Crippen MR) is 84.3 cm³/mol. The van der Waals surface area contributed by atoms with E-state index in [1.165, 1.54) is 4.31 Å². The molecule has 118 valence electrons. The molecule has 1 saturated heterocycles. The molecule has 1 aliphatic heterocycles. The third-order valence-corrected chi connectivity index (χ3v) is 6.03. The van der Waals surface area contributed by atoms with Crippen LogP contribution in [0.25, 0.3) is 0 Å². The number of alkyl halides is 1. The van der Waals surface area contributed by atoms with E-state index in [9.17, 15) is 8.42 Å². The Morgan fingerprint density at radius 2 is 2.00 bits per heavy atom. The molecule has 2 rings (SSSR count). The highest BCUT2D eigenvalue weighted by molar-refractivity contribution is 7.89. The lowest BCUT2D eigenvalue weighted by Gasteiger charge is -2.36. The molecule has 2 unspecified atom stereocenters. The molecule has 0 aliphatic carbocycles. The van der Waals surface area contributed by atoms with Gasteiger partial charge < -0.3 is 4.74 Å². The molecule has 1 aliphatic rings. The van der Waals surface area contributed by atoms with Crippen LogP contribution in [0.1, 0.15) is 25.8 Å². The Labute approximate surface area is 132 Å². The Hall–Kier alpha value is -0.620. The van der Waals surface area contributed by atoms with Gasteiger partial charge in [-0.25, -0.2) is 8.42 Å². The van der Waals surface area contributed by atoms with Gasteiger partial charge in [0, 0.05) is 18.5 Å². The first-order chi connectivity index (χ1) is 9.98. The van der Waals surface area contributed by atoms with Gasteiger partial charge in [-0.05, 0) is 31.0 Å². The highest BCUT2D eigenvalue weighted by Crippen LogP contribution is 2.23. The standard InChI is InChI=1S/C15H22ClNO3S/c1-3-4-13-5-7-15(8-6-13)21(18,19)17-10-14(9-16)20-11-12(17)2/h5-8,12,14H,3-4,9-11H2,1-2H3. The molecule has 0 amide bonds. The minimum atomic E-state index is -3.49. The summed E-state index contributed by atoms with van der Waals surface area (Å²) < 4.78 is 32.5. The summed E-state index contributed by atoms with van der Waals surface area (Å²) in [4.78, 5) is 0.337. The Morgan fingerprint density at radius 1 is 1.33 bits per heavy atom. The van der Waals surface area contributed by atoms with E-state index in [1.54, 1.807) is 12.1 Å². The van der Waals surface area contributed by atoms with Crippen molar-refractivity contribution in [3.05, 3.63) is 29.8 Å². The van der Waals surface area contributed by atoms with E-state index in [4.69, 9.17) is 16.3 Å². The van der Waals surface area contributed by atoms with Crippen molar-refractivity contribution in [2.75, 3.05) is 19.0 Å². The summed E-state index contributed by atoms with van der Waals surface area (Å²) in [6.07, 6.45) is 1.77. The molecule has 0 bridgehead atoms. The maximum Gasteiger partial charge on any atom is 0.243 e. The summed E-state index contributed by atoms with van der Waals surface area (Å²) in [7, 11) is -3.49. The van der Waals surface area contributed by atoms with Gasteiger partial charge in [0.25, 0.3) is 0 Å². The zero-order valence-electron chi connectivity index (χ0n) is 12.5. The summed E-state index contributed by atoms with van der Waals surface area (Å²) in [5, 5.41) is 0. The molecule has 0 radical (unpaired) electrons. The summed E-state index contributed by atoms with van der Waals surface area (Å²) in [5.74, 6) is 0.300. The Kier molecular flexibility index (Phi) is 5.66. The first-order valence-corrected chi connectivity index (χ1v) is 9.24. The van der Waals surface area contributed by atoms with Gasteiger partial charge >= 0.3 is 0 Å². The topological polar surface area (TPSA) is 46.6 Å². The molecule has 4 nitrogen and oxygen atoms in total. The highest BCUT2D eigenvalue weighted by Gasteiger charge is 2.35. The summed E-state index contributed by atoms with van der Waals surface area (Å²) >= 11 is 5.80. The predicted octanol–water partition coefficient (Wildman–Crippen LogP) is 2.66. The van der Waals surface area contributed by atoms with Gasteiger partial charge in [-0.15, -0.1) is 11.6 Å². The average Bonchev–Trinajstić information content (AvgIpc) is 2.48. The van der Waals surface area contributed by atoms with Crippen LogP contribution in [0.4, 0.5) is 0 Å². The molecular weight excluding hydrogens is 310 g/mol. The van der Waals surface area contributed by atoms with Gasteiger partial charge in [0.15, 0.2) is 0 Å². The SMILES string of the molecule is CCCc1ccc(S(=O)(=O)N2CC(CCl)OCC2C)cc1. The molecule has 0 spiro atoms. The first kappa shape index (κ1) is 16.7. The van der Waals surface area contributed by atoms with Crippen molar-refractivity contribution >= 4 is 21.6 Å². The number of morpholine rings is 1. The lowest BCUT2D eigenvalue weighted by Crippen LogP contribution is -2.51. The van der Waals surface area contributed by atoms with Crippen molar-refractivity contribution in [1.82, 2.24) is 4.31 Å². The normalized spacial score (nSPS) is 24.1. The number of sulfonamides is 1. The molecule has 6 heteroatoms. The third kappa shape index (κ3) is 3.77. The molecule has 0 N–H and O–H groups in total. The second-order valence-corrected chi connectivity index (χ2v) is 7.63. The van der Waals surface area contributed by atoms with E-state index in [0.29, 0.717) is 23.9 Å². The summed E-state index contributed by atoms with van der Waals surface area (Å²) in [6.45, 7) is 4.65. The van der Waals surface area contributed by atoms with Crippen LogP contribution in [0.2, 0.25) is 0 Å². The Bertz CT molecular complexity index is 559. The molecular formula is C15H22ClNO3S. The molecule has 21 heavy (non-hydrogen) atoms. The smallest absolute Gasteiger partial charge is 0.243 e. The van der Waals surface area contributed by atoms with Gasteiger partial charge in [-0.1, -0.05) is 25.5 Å². The average molecular weight is 332 g/mol. The quantitative estimate of drug-likeness (QED) is 0.779. The largest absolute Gasteiger partial charge is 0.374 e. The molecule has 2 atom stereocenters. The van der Waals surface area contributed by atoms with E-state index in [2.05, 4.69) is 6.92 Å². The number of halogens is 1. The third-order valence-electron chi connectivity index (χ3n) is 3.69. The first-order valence-electron chi connectivity index (χ1n) is 7.27. The zero-order chi connectivity index (χ0) is 15.5. The van der Waals surface area contributed by atoms with E-state index >= 15 is 0 Å². The second-order valence-electron chi connectivity index (χ2n) is 5.43. The number of benzene rings is 1.